The van der Waals surface area contributed by atoms with Crippen molar-refractivity contribution < 1.29 is 10.0 Å². The van der Waals surface area contributed by atoms with E-state index >= 15 is 0 Å². The normalized spacial score (nSPS) is 10.3. The topological polar surface area (TPSA) is 63.4 Å². The number of nitrogens with zero attached hydrogens (tertiary/aromatic N) is 1. The van der Waals surface area contributed by atoms with Crippen LogP contribution in [0.5, 0.6) is 5.75 Å². The van der Waals surface area contributed by atoms with E-state index in [0.29, 0.717) is 5.56 Å². The third kappa shape index (κ3) is 2.46. The lowest BCUT2D eigenvalue weighted by molar-refractivity contribution is -0.385. The Kier molecular flexibility index (Phi) is 3.53. The Labute approximate surface area is 108 Å². The number of phenols is 1. The number of phenolic OH excluding ortho intramolecular Hbond substituents is 1. The minimum Gasteiger partial charge on any atom is -0.502 e. The molecule has 4 nitrogen and oxygen atoms in total. The number of hydrogen-bond acceptors (Lipinski definition) is 4. The molecule has 1 N–H and O–H groups in total. The van der Waals surface area contributed by atoms with Crippen LogP contribution in [0.1, 0.15) is 0 Å². The second kappa shape index (κ2) is 5.10. The predicted molar refractivity (Wildman–Crippen MR) is 72.0 cm³/mol. The van der Waals surface area contributed by atoms with Gasteiger partial charge in [-0.1, -0.05) is 18.2 Å². The quantitative estimate of drug-likeness (QED) is 0.520. The van der Waals surface area contributed by atoms with E-state index in [1.165, 1.54) is 12.1 Å². The van der Waals surface area contributed by atoms with E-state index < -0.39 is 4.92 Å². The highest BCUT2D eigenvalue weighted by atomic mass is 32.2. The second-order valence-electron chi connectivity index (χ2n) is 3.69. The molecule has 0 aliphatic heterocycles. The number of hydrogen-bond donors (Lipinski definition) is 1. The summed E-state index contributed by atoms with van der Waals surface area (Å²) >= 11 is 1.63. The lowest BCUT2D eigenvalue weighted by atomic mass is 10.1. The summed E-state index contributed by atoms with van der Waals surface area (Å²) in [7, 11) is 0. The zero-order valence-electron chi connectivity index (χ0n) is 9.66. The lowest BCUT2D eigenvalue weighted by Crippen LogP contribution is -1.89. The molecule has 0 fully saturated rings. The van der Waals surface area contributed by atoms with Gasteiger partial charge in [0.2, 0.25) is 0 Å². The predicted octanol–water partition coefficient (Wildman–Crippen LogP) is 3.69. The molecule has 0 atom stereocenters. The molecule has 0 saturated heterocycles. The molecule has 0 bridgehead atoms. The minimum absolute atomic E-state index is 0.276. The van der Waals surface area contributed by atoms with Crippen molar-refractivity contribution in [2.45, 2.75) is 4.90 Å². The molecule has 0 radical (unpaired) electrons. The molecule has 0 saturated carbocycles. The van der Waals surface area contributed by atoms with Crippen LogP contribution in [0.15, 0.2) is 47.4 Å². The molecule has 0 amide bonds. The summed E-state index contributed by atoms with van der Waals surface area (Å²) in [5.74, 6) is -0.315. The van der Waals surface area contributed by atoms with Gasteiger partial charge in [0.15, 0.2) is 5.75 Å². The van der Waals surface area contributed by atoms with Crippen LogP contribution in [0, 0.1) is 10.1 Å². The lowest BCUT2D eigenvalue weighted by Gasteiger charge is -2.04. The van der Waals surface area contributed by atoms with Gasteiger partial charge < -0.3 is 5.11 Å². The molecule has 0 aromatic heterocycles. The third-order valence-corrected chi connectivity index (χ3v) is 3.34. The summed E-state index contributed by atoms with van der Waals surface area (Å²) in [6.45, 7) is 0. The van der Waals surface area contributed by atoms with Crippen LogP contribution >= 0.6 is 11.8 Å². The standard InChI is InChI=1S/C13H11NO3S/c1-18-11-5-2-9(3-6-11)10-4-7-13(15)12(8-10)14(16)17/h2-8,15H,1H3. The number of nitro benzene ring substituents is 1. The average Bonchev–Trinajstić information content (AvgIpc) is 2.39. The van der Waals surface area contributed by atoms with Crippen molar-refractivity contribution >= 4 is 17.4 Å². The number of nitro groups is 1. The molecule has 2 aromatic rings. The molecule has 0 unspecified atom stereocenters. The largest absolute Gasteiger partial charge is 0.502 e. The fourth-order valence-corrected chi connectivity index (χ4v) is 2.04. The molecule has 0 spiro atoms. The monoisotopic (exact) mass is 261 g/mol. The summed E-state index contributed by atoms with van der Waals surface area (Å²) in [6, 6.07) is 12.1. The van der Waals surface area contributed by atoms with E-state index in [1.807, 2.05) is 30.5 Å². The zero-order valence-corrected chi connectivity index (χ0v) is 10.5. The fourth-order valence-electron chi connectivity index (χ4n) is 1.63. The van der Waals surface area contributed by atoms with Gasteiger partial charge in [-0.25, -0.2) is 0 Å². The number of thioether (sulfide) groups is 1. The van der Waals surface area contributed by atoms with Crippen molar-refractivity contribution in [3.8, 4) is 16.9 Å². The van der Waals surface area contributed by atoms with E-state index in [1.54, 1.807) is 17.8 Å². The first kappa shape index (κ1) is 12.4. The first-order valence-electron chi connectivity index (χ1n) is 5.23. The molecular weight excluding hydrogens is 250 g/mol. The summed E-state index contributed by atoms with van der Waals surface area (Å²) in [5, 5.41) is 20.1. The van der Waals surface area contributed by atoms with E-state index in [0.717, 1.165) is 10.5 Å². The van der Waals surface area contributed by atoms with Crippen LogP contribution in [0.25, 0.3) is 11.1 Å². The fraction of sp³-hybridized carbons (Fsp3) is 0.0769. The van der Waals surface area contributed by atoms with Gasteiger partial charge in [0, 0.05) is 11.0 Å². The maximum atomic E-state index is 10.7. The van der Waals surface area contributed by atoms with Crippen molar-refractivity contribution in [1.82, 2.24) is 0 Å². The van der Waals surface area contributed by atoms with Gasteiger partial charge in [0.1, 0.15) is 0 Å². The van der Waals surface area contributed by atoms with Crippen LogP contribution < -0.4 is 0 Å². The van der Waals surface area contributed by atoms with Gasteiger partial charge in [0.25, 0.3) is 0 Å². The van der Waals surface area contributed by atoms with Gasteiger partial charge in [-0.15, -0.1) is 11.8 Å². The van der Waals surface area contributed by atoms with E-state index in [-0.39, 0.29) is 11.4 Å². The first-order valence-corrected chi connectivity index (χ1v) is 6.46. The molecule has 0 aliphatic carbocycles. The van der Waals surface area contributed by atoms with E-state index in [4.69, 9.17) is 0 Å². The highest BCUT2D eigenvalue weighted by Crippen LogP contribution is 2.31. The number of rotatable bonds is 3. The van der Waals surface area contributed by atoms with E-state index in [9.17, 15) is 15.2 Å². The van der Waals surface area contributed by atoms with Crippen LogP contribution in [-0.2, 0) is 0 Å². The molecule has 2 aromatic carbocycles. The SMILES string of the molecule is CSc1ccc(-c2ccc(O)c([N+](=O)[O-])c2)cc1. The van der Waals surface area contributed by atoms with Crippen molar-refractivity contribution in [1.29, 1.82) is 0 Å². The third-order valence-electron chi connectivity index (χ3n) is 2.60. The second-order valence-corrected chi connectivity index (χ2v) is 4.57. The Bertz CT molecular complexity index is 581. The Morgan fingerprint density at radius 2 is 1.72 bits per heavy atom. The maximum absolute atomic E-state index is 10.7. The number of aromatic hydroxyl groups is 1. The van der Waals surface area contributed by atoms with Crippen molar-refractivity contribution in [3.63, 3.8) is 0 Å². The molecule has 5 heteroatoms. The van der Waals surface area contributed by atoms with Crippen molar-refractivity contribution in [2.75, 3.05) is 6.26 Å². The first-order chi connectivity index (χ1) is 8.61. The van der Waals surface area contributed by atoms with Crippen molar-refractivity contribution in [2.24, 2.45) is 0 Å². The van der Waals surface area contributed by atoms with Crippen LogP contribution in [0.3, 0.4) is 0 Å². The highest BCUT2D eigenvalue weighted by Gasteiger charge is 2.14. The van der Waals surface area contributed by atoms with Crippen LogP contribution in [0.4, 0.5) is 5.69 Å². The Morgan fingerprint density at radius 1 is 1.11 bits per heavy atom. The molecule has 0 heterocycles. The Morgan fingerprint density at radius 3 is 2.28 bits per heavy atom. The summed E-state index contributed by atoms with van der Waals surface area (Å²) in [6.07, 6.45) is 1.99. The van der Waals surface area contributed by atoms with Gasteiger partial charge >= 0.3 is 5.69 Å². The number of benzene rings is 2. The molecule has 18 heavy (non-hydrogen) atoms. The molecule has 92 valence electrons. The molecule has 2 rings (SSSR count). The molecule has 0 aliphatic rings. The van der Waals surface area contributed by atoms with Gasteiger partial charge in [-0.05, 0) is 35.6 Å². The highest BCUT2D eigenvalue weighted by molar-refractivity contribution is 7.98. The maximum Gasteiger partial charge on any atom is 0.311 e. The Balaban J connectivity index is 2.44. The average molecular weight is 261 g/mol. The van der Waals surface area contributed by atoms with Crippen LogP contribution in [0.2, 0.25) is 0 Å². The zero-order chi connectivity index (χ0) is 13.1. The summed E-state index contributed by atoms with van der Waals surface area (Å²) < 4.78 is 0. The van der Waals surface area contributed by atoms with Gasteiger partial charge in [0.05, 0.1) is 4.92 Å². The smallest absolute Gasteiger partial charge is 0.311 e. The minimum atomic E-state index is -0.588. The van der Waals surface area contributed by atoms with Crippen LogP contribution in [-0.4, -0.2) is 16.3 Å². The summed E-state index contributed by atoms with van der Waals surface area (Å²) in [5.41, 5.74) is 1.32. The van der Waals surface area contributed by atoms with E-state index in [2.05, 4.69) is 0 Å². The van der Waals surface area contributed by atoms with Crippen molar-refractivity contribution in [3.05, 3.63) is 52.6 Å². The molecular formula is C13H11NO3S. The Hall–Kier alpha value is -2.01. The van der Waals surface area contributed by atoms with Gasteiger partial charge in [-0.2, -0.15) is 0 Å². The summed E-state index contributed by atoms with van der Waals surface area (Å²) in [4.78, 5) is 11.3. The van der Waals surface area contributed by atoms with Gasteiger partial charge in [-0.3, -0.25) is 10.1 Å².